The van der Waals surface area contributed by atoms with Crippen LogP contribution in [0.2, 0.25) is 4.34 Å². The third kappa shape index (κ3) is 3.16. The minimum absolute atomic E-state index is 0.311. The Morgan fingerprint density at radius 2 is 2.36 bits per heavy atom. The van der Waals surface area contributed by atoms with Gasteiger partial charge in [-0.25, -0.2) is 4.79 Å². The van der Waals surface area contributed by atoms with Crippen molar-refractivity contribution in [2.24, 2.45) is 0 Å². The van der Waals surface area contributed by atoms with E-state index in [-0.39, 0.29) is 5.97 Å². The number of carbonyl (C=O) groups is 1. The molecule has 14 heavy (non-hydrogen) atoms. The van der Waals surface area contributed by atoms with Crippen LogP contribution in [0.15, 0.2) is 18.2 Å². The highest BCUT2D eigenvalue weighted by atomic mass is 35.5. The fraction of sp³-hybridized carbons (Fsp3) is 0.300. The van der Waals surface area contributed by atoms with E-state index in [4.69, 9.17) is 16.3 Å². The van der Waals surface area contributed by atoms with Crippen molar-refractivity contribution < 1.29 is 9.53 Å². The third-order valence-electron chi connectivity index (χ3n) is 1.58. The maximum Gasteiger partial charge on any atom is 0.331 e. The summed E-state index contributed by atoms with van der Waals surface area (Å²) in [6.07, 6.45) is 1.48. The van der Waals surface area contributed by atoms with Crippen LogP contribution in [-0.2, 0) is 9.53 Å². The van der Waals surface area contributed by atoms with Gasteiger partial charge in [0.2, 0.25) is 0 Å². The molecule has 0 fully saturated rings. The molecule has 0 atom stereocenters. The Bertz CT molecular complexity index is 355. The first-order chi connectivity index (χ1) is 6.63. The molecule has 0 aliphatic carbocycles. The largest absolute Gasteiger partial charge is 0.463 e. The van der Waals surface area contributed by atoms with Crippen LogP contribution >= 0.6 is 22.9 Å². The summed E-state index contributed by atoms with van der Waals surface area (Å²) in [5.74, 6) is -0.311. The van der Waals surface area contributed by atoms with Gasteiger partial charge in [0.05, 0.1) is 10.9 Å². The Morgan fingerprint density at radius 1 is 1.64 bits per heavy atom. The Morgan fingerprint density at radius 3 is 2.86 bits per heavy atom. The highest BCUT2D eigenvalue weighted by Crippen LogP contribution is 2.27. The summed E-state index contributed by atoms with van der Waals surface area (Å²) in [4.78, 5) is 12.1. The molecule has 0 unspecified atom stereocenters. The Balaban J connectivity index is 2.74. The summed E-state index contributed by atoms with van der Waals surface area (Å²) in [6.45, 7) is 4.04. The van der Waals surface area contributed by atoms with Gasteiger partial charge in [-0.15, -0.1) is 11.3 Å². The van der Waals surface area contributed by atoms with Gasteiger partial charge in [-0.1, -0.05) is 11.6 Å². The van der Waals surface area contributed by atoms with E-state index in [0.717, 1.165) is 14.8 Å². The minimum atomic E-state index is -0.311. The molecule has 0 spiro atoms. The second kappa shape index (κ2) is 5.17. The predicted molar refractivity (Wildman–Crippen MR) is 59.6 cm³/mol. The third-order valence-corrected chi connectivity index (χ3v) is 2.95. The van der Waals surface area contributed by atoms with Gasteiger partial charge in [0.15, 0.2) is 0 Å². The maximum absolute atomic E-state index is 11.1. The number of esters is 1. The molecular weight excluding hydrogens is 220 g/mol. The second-order valence-corrected chi connectivity index (χ2v) is 4.40. The van der Waals surface area contributed by atoms with Crippen molar-refractivity contribution in [1.82, 2.24) is 0 Å². The smallest absolute Gasteiger partial charge is 0.331 e. The van der Waals surface area contributed by atoms with Crippen LogP contribution in [-0.4, -0.2) is 12.6 Å². The maximum atomic E-state index is 11.1. The molecule has 76 valence electrons. The Labute approximate surface area is 92.2 Å². The fourth-order valence-corrected chi connectivity index (χ4v) is 1.97. The molecule has 0 amide bonds. The Kier molecular flexibility index (Phi) is 4.17. The van der Waals surface area contributed by atoms with Gasteiger partial charge in [0.25, 0.3) is 0 Å². The second-order valence-electron chi connectivity index (χ2n) is 2.68. The van der Waals surface area contributed by atoms with Crippen LogP contribution in [0.1, 0.15) is 18.7 Å². The van der Waals surface area contributed by atoms with E-state index in [1.54, 1.807) is 6.92 Å². The molecular formula is C10H11ClO2S. The quantitative estimate of drug-likeness (QED) is 0.588. The minimum Gasteiger partial charge on any atom is -0.463 e. The molecule has 0 aromatic carbocycles. The zero-order chi connectivity index (χ0) is 10.6. The van der Waals surface area contributed by atoms with E-state index >= 15 is 0 Å². The first-order valence-electron chi connectivity index (χ1n) is 4.24. The van der Waals surface area contributed by atoms with Crippen molar-refractivity contribution in [3.8, 4) is 0 Å². The van der Waals surface area contributed by atoms with E-state index in [9.17, 15) is 4.79 Å². The lowest BCUT2D eigenvalue weighted by Crippen LogP contribution is -1.99. The van der Waals surface area contributed by atoms with Gasteiger partial charge in [-0.2, -0.15) is 0 Å². The molecule has 0 bridgehead atoms. The van der Waals surface area contributed by atoms with Crippen LogP contribution in [0, 0.1) is 0 Å². The lowest BCUT2D eigenvalue weighted by atomic mass is 10.2. The van der Waals surface area contributed by atoms with Gasteiger partial charge in [0.1, 0.15) is 0 Å². The number of rotatable bonds is 3. The number of halogens is 1. The van der Waals surface area contributed by atoms with Crippen LogP contribution < -0.4 is 0 Å². The number of carbonyl (C=O) groups excluding carboxylic acids is 1. The molecule has 1 aromatic rings. The van der Waals surface area contributed by atoms with Gasteiger partial charge in [0, 0.05) is 11.0 Å². The number of hydrogen-bond donors (Lipinski definition) is 0. The lowest BCUT2D eigenvalue weighted by Gasteiger charge is -1.97. The summed E-state index contributed by atoms with van der Waals surface area (Å²) in [5.41, 5.74) is 0.875. The van der Waals surface area contributed by atoms with Crippen molar-refractivity contribution >= 4 is 34.5 Å². The van der Waals surface area contributed by atoms with E-state index in [1.807, 2.05) is 19.1 Å². The number of thiophene rings is 1. The normalized spacial score (nSPS) is 11.5. The summed E-state index contributed by atoms with van der Waals surface area (Å²) in [6, 6.07) is 3.70. The van der Waals surface area contributed by atoms with Crippen LogP contribution in [0.4, 0.5) is 0 Å². The van der Waals surface area contributed by atoms with Crippen molar-refractivity contribution in [3.05, 3.63) is 27.4 Å². The average Bonchev–Trinajstić information content (AvgIpc) is 2.52. The van der Waals surface area contributed by atoms with Gasteiger partial charge >= 0.3 is 5.97 Å². The van der Waals surface area contributed by atoms with Crippen molar-refractivity contribution in [3.63, 3.8) is 0 Å². The number of ether oxygens (including phenoxy) is 1. The van der Waals surface area contributed by atoms with Crippen molar-refractivity contribution in [2.75, 3.05) is 6.61 Å². The van der Waals surface area contributed by atoms with E-state index in [2.05, 4.69) is 0 Å². The predicted octanol–water partition coefficient (Wildman–Crippen LogP) is 3.37. The molecule has 0 aliphatic rings. The van der Waals surface area contributed by atoms with E-state index in [1.165, 1.54) is 17.4 Å². The first kappa shape index (κ1) is 11.3. The molecule has 1 rings (SSSR count). The summed E-state index contributed by atoms with van der Waals surface area (Å²) >= 11 is 7.22. The van der Waals surface area contributed by atoms with E-state index < -0.39 is 0 Å². The topological polar surface area (TPSA) is 26.3 Å². The van der Waals surface area contributed by atoms with Gasteiger partial charge in [-0.3, -0.25) is 0 Å². The molecule has 1 aromatic heterocycles. The van der Waals surface area contributed by atoms with Gasteiger partial charge < -0.3 is 4.74 Å². The standard InChI is InChI=1S/C10H11ClO2S/c1-3-13-10(12)6-7(2)8-4-5-9(11)14-8/h4-6H,3H2,1-2H3/b7-6-. The van der Waals surface area contributed by atoms with Crippen LogP contribution in [0.25, 0.3) is 5.57 Å². The molecule has 0 radical (unpaired) electrons. The monoisotopic (exact) mass is 230 g/mol. The molecule has 4 heteroatoms. The zero-order valence-corrected chi connectivity index (χ0v) is 9.61. The van der Waals surface area contributed by atoms with Gasteiger partial charge in [-0.05, 0) is 31.6 Å². The summed E-state index contributed by atoms with van der Waals surface area (Å²) in [5, 5.41) is 0. The average molecular weight is 231 g/mol. The highest BCUT2D eigenvalue weighted by molar-refractivity contribution is 7.17. The molecule has 0 aliphatic heterocycles. The SMILES string of the molecule is CCOC(=O)/C=C(/C)c1ccc(Cl)s1. The van der Waals surface area contributed by atoms with Crippen LogP contribution in [0.3, 0.4) is 0 Å². The molecule has 0 saturated carbocycles. The van der Waals surface area contributed by atoms with E-state index in [0.29, 0.717) is 6.61 Å². The van der Waals surface area contributed by atoms with Crippen LogP contribution in [0.5, 0.6) is 0 Å². The number of hydrogen-bond acceptors (Lipinski definition) is 3. The molecule has 2 nitrogen and oxygen atoms in total. The molecule has 1 heterocycles. The highest BCUT2D eigenvalue weighted by Gasteiger charge is 2.03. The Hall–Kier alpha value is -0.800. The fourth-order valence-electron chi connectivity index (χ4n) is 0.958. The zero-order valence-electron chi connectivity index (χ0n) is 8.04. The lowest BCUT2D eigenvalue weighted by molar-refractivity contribution is -0.137. The van der Waals surface area contributed by atoms with Crippen molar-refractivity contribution in [1.29, 1.82) is 0 Å². The van der Waals surface area contributed by atoms with Crippen molar-refractivity contribution in [2.45, 2.75) is 13.8 Å². The molecule has 0 saturated heterocycles. The summed E-state index contributed by atoms with van der Waals surface area (Å²) in [7, 11) is 0. The first-order valence-corrected chi connectivity index (χ1v) is 5.43. The molecule has 0 N–H and O–H groups in total. The summed E-state index contributed by atoms with van der Waals surface area (Å²) < 4.78 is 5.52. The number of allylic oxidation sites excluding steroid dienone is 1.